The lowest BCUT2D eigenvalue weighted by Crippen LogP contribution is -2.15. The summed E-state index contributed by atoms with van der Waals surface area (Å²) >= 11 is 0. The molecule has 0 bridgehead atoms. The summed E-state index contributed by atoms with van der Waals surface area (Å²) in [7, 11) is 0. The molecule has 0 aliphatic rings. The van der Waals surface area contributed by atoms with Crippen LogP contribution in [0.15, 0.2) is 28.7 Å². The van der Waals surface area contributed by atoms with E-state index >= 15 is 0 Å². The first-order valence-corrected chi connectivity index (χ1v) is 4.82. The molecule has 2 rings (SSSR count). The Bertz CT molecular complexity index is 565. The zero-order valence-electron chi connectivity index (χ0n) is 8.69. The van der Waals surface area contributed by atoms with Crippen molar-refractivity contribution in [3.8, 4) is 0 Å². The molecule has 0 radical (unpaired) electrons. The number of ketones is 1. The number of rotatable bonds is 3. The molecule has 1 aromatic heterocycles. The van der Waals surface area contributed by atoms with Crippen LogP contribution in [0.5, 0.6) is 0 Å². The zero-order chi connectivity index (χ0) is 11.7. The van der Waals surface area contributed by atoms with Crippen molar-refractivity contribution in [3.63, 3.8) is 0 Å². The smallest absolute Gasteiger partial charge is 0.372 e. The molecule has 4 heteroatoms. The predicted molar refractivity (Wildman–Crippen MR) is 57.3 cm³/mol. The number of furan rings is 1. The number of fused-ring (bicyclic) bond motifs is 1. The summed E-state index contributed by atoms with van der Waals surface area (Å²) in [6, 6.07) is 7.36. The highest BCUT2D eigenvalue weighted by molar-refractivity contribution is 6.33. The van der Waals surface area contributed by atoms with Crippen LogP contribution in [0.25, 0.3) is 11.0 Å². The number of carboxylic acids is 1. The van der Waals surface area contributed by atoms with Gasteiger partial charge in [-0.2, -0.15) is 0 Å². The fourth-order valence-electron chi connectivity index (χ4n) is 1.62. The van der Waals surface area contributed by atoms with Crippen LogP contribution in [0, 0.1) is 6.92 Å². The molecule has 0 unspecified atom stereocenters. The van der Waals surface area contributed by atoms with Gasteiger partial charge in [-0.1, -0.05) is 18.2 Å². The molecule has 0 spiro atoms. The molecule has 0 saturated heterocycles. The fourth-order valence-corrected chi connectivity index (χ4v) is 1.62. The second-order valence-corrected chi connectivity index (χ2v) is 3.55. The number of Topliss-reactive ketones (excluding diaryl/α,β-unsaturated/α-hetero) is 1. The van der Waals surface area contributed by atoms with Crippen LogP contribution in [-0.2, 0) is 16.0 Å². The van der Waals surface area contributed by atoms with Gasteiger partial charge in [-0.15, -0.1) is 0 Å². The average molecular weight is 218 g/mol. The van der Waals surface area contributed by atoms with Gasteiger partial charge >= 0.3 is 5.97 Å². The van der Waals surface area contributed by atoms with Crippen molar-refractivity contribution in [2.45, 2.75) is 13.3 Å². The van der Waals surface area contributed by atoms with Crippen molar-refractivity contribution < 1.29 is 19.1 Å². The maximum atomic E-state index is 11.1. The lowest BCUT2D eigenvalue weighted by Gasteiger charge is -1.93. The van der Waals surface area contributed by atoms with Gasteiger partial charge in [-0.05, 0) is 18.6 Å². The zero-order valence-corrected chi connectivity index (χ0v) is 8.69. The third-order valence-electron chi connectivity index (χ3n) is 2.50. The van der Waals surface area contributed by atoms with Gasteiger partial charge in [0.15, 0.2) is 0 Å². The Kier molecular flexibility index (Phi) is 2.48. The highest BCUT2D eigenvalue weighted by atomic mass is 16.4. The summed E-state index contributed by atoms with van der Waals surface area (Å²) in [5.74, 6) is -1.87. The summed E-state index contributed by atoms with van der Waals surface area (Å²) in [6.45, 7) is 1.82. The van der Waals surface area contributed by atoms with Crippen molar-refractivity contribution in [2.24, 2.45) is 0 Å². The van der Waals surface area contributed by atoms with E-state index in [2.05, 4.69) is 0 Å². The minimum absolute atomic E-state index is 0.199. The van der Waals surface area contributed by atoms with Crippen molar-refractivity contribution in [2.75, 3.05) is 0 Å². The minimum atomic E-state index is -1.43. The SMILES string of the molecule is Cc1c(CC(=O)C(=O)O)oc2ccccc12. The minimum Gasteiger partial charge on any atom is -0.475 e. The monoisotopic (exact) mass is 218 g/mol. The van der Waals surface area contributed by atoms with Crippen molar-refractivity contribution >= 4 is 22.7 Å². The molecule has 82 valence electrons. The predicted octanol–water partition coefficient (Wildman–Crippen LogP) is 1.94. The second kappa shape index (κ2) is 3.81. The molecule has 0 aliphatic heterocycles. The summed E-state index contributed by atoms with van der Waals surface area (Å²) < 4.78 is 5.44. The Hall–Kier alpha value is -2.10. The van der Waals surface area contributed by atoms with Crippen molar-refractivity contribution in [1.82, 2.24) is 0 Å². The molecular weight excluding hydrogens is 208 g/mol. The Morgan fingerprint density at radius 2 is 2.00 bits per heavy atom. The van der Waals surface area contributed by atoms with Crippen molar-refractivity contribution in [1.29, 1.82) is 0 Å². The van der Waals surface area contributed by atoms with Gasteiger partial charge in [-0.3, -0.25) is 4.79 Å². The number of hydrogen-bond acceptors (Lipinski definition) is 3. The first kappa shape index (κ1) is 10.4. The number of carbonyl (C=O) groups is 2. The molecule has 1 aromatic carbocycles. The van der Waals surface area contributed by atoms with Crippen LogP contribution in [-0.4, -0.2) is 16.9 Å². The Balaban J connectivity index is 2.42. The van der Waals surface area contributed by atoms with Crippen LogP contribution in [0.1, 0.15) is 11.3 Å². The standard InChI is InChI=1S/C12H10O4/c1-7-8-4-2-3-5-10(8)16-11(7)6-9(13)12(14)15/h2-5H,6H2,1H3,(H,14,15). The number of carbonyl (C=O) groups excluding carboxylic acids is 1. The number of benzene rings is 1. The highest BCUT2D eigenvalue weighted by Gasteiger charge is 2.18. The first-order chi connectivity index (χ1) is 7.59. The Morgan fingerprint density at radius 3 is 2.62 bits per heavy atom. The molecule has 2 aromatic rings. The number of hydrogen-bond donors (Lipinski definition) is 1. The Labute approximate surface area is 91.5 Å². The van der Waals surface area contributed by atoms with E-state index in [-0.39, 0.29) is 6.42 Å². The molecule has 0 fully saturated rings. The van der Waals surface area contributed by atoms with Gasteiger partial charge < -0.3 is 9.52 Å². The summed E-state index contributed by atoms with van der Waals surface area (Å²) in [5.41, 5.74) is 1.50. The quantitative estimate of drug-likeness (QED) is 0.799. The topological polar surface area (TPSA) is 67.5 Å². The van der Waals surface area contributed by atoms with Crippen LogP contribution in [0.3, 0.4) is 0 Å². The largest absolute Gasteiger partial charge is 0.475 e. The van der Waals surface area contributed by atoms with E-state index in [0.29, 0.717) is 11.3 Å². The molecule has 4 nitrogen and oxygen atoms in total. The van der Waals surface area contributed by atoms with E-state index in [9.17, 15) is 9.59 Å². The summed E-state index contributed by atoms with van der Waals surface area (Å²) in [5, 5.41) is 9.43. The second-order valence-electron chi connectivity index (χ2n) is 3.55. The van der Waals surface area contributed by atoms with Crippen molar-refractivity contribution in [3.05, 3.63) is 35.6 Å². The lowest BCUT2D eigenvalue weighted by atomic mass is 10.1. The fraction of sp³-hybridized carbons (Fsp3) is 0.167. The average Bonchev–Trinajstić information content (AvgIpc) is 2.56. The van der Waals surface area contributed by atoms with Crippen LogP contribution in [0.4, 0.5) is 0 Å². The molecule has 0 atom stereocenters. The summed E-state index contributed by atoms with van der Waals surface area (Å²) in [6.07, 6.45) is -0.199. The van der Waals surface area contributed by atoms with E-state index in [4.69, 9.17) is 9.52 Å². The third kappa shape index (κ3) is 1.69. The number of aryl methyl sites for hydroxylation is 1. The lowest BCUT2D eigenvalue weighted by molar-refractivity contribution is -0.148. The Morgan fingerprint density at radius 1 is 1.31 bits per heavy atom. The molecule has 0 amide bonds. The molecule has 0 saturated carbocycles. The summed E-state index contributed by atoms with van der Waals surface area (Å²) in [4.78, 5) is 21.5. The number of para-hydroxylation sites is 1. The van der Waals surface area contributed by atoms with E-state index < -0.39 is 11.8 Å². The van der Waals surface area contributed by atoms with E-state index in [1.54, 1.807) is 6.07 Å². The molecule has 0 aliphatic carbocycles. The van der Waals surface area contributed by atoms with E-state index in [0.717, 1.165) is 10.9 Å². The molecule has 1 N–H and O–H groups in total. The van der Waals surface area contributed by atoms with Gasteiger partial charge in [0.25, 0.3) is 0 Å². The molecule has 1 heterocycles. The van der Waals surface area contributed by atoms with Gasteiger partial charge in [0.2, 0.25) is 5.78 Å². The first-order valence-electron chi connectivity index (χ1n) is 4.82. The maximum absolute atomic E-state index is 11.1. The van der Waals surface area contributed by atoms with Gasteiger partial charge in [0.1, 0.15) is 11.3 Å². The van der Waals surface area contributed by atoms with Gasteiger partial charge in [-0.25, -0.2) is 4.79 Å². The van der Waals surface area contributed by atoms with Crippen LogP contribution >= 0.6 is 0 Å². The normalized spacial score (nSPS) is 10.6. The van der Waals surface area contributed by atoms with Gasteiger partial charge in [0.05, 0.1) is 6.42 Å². The number of aliphatic carboxylic acids is 1. The highest BCUT2D eigenvalue weighted by Crippen LogP contribution is 2.25. The molecule has 16 heavy (non-hydrogen) atoms. The maximum Gasteiger partial charge on any atom is 0.372 e. The van der Waals surface area contributed by atoms with E-state index in [1.165, 1.54) is 0 Å². The van der Waals surface area contributed by atoms with E-state index in [1.807, 2.05) is 25.1 Å². The van der Waals surface area contributed by atoms with Crippen LogP contribution < -0.4 is 0 Å². The molecular formula is C12H10O4. The third-order valence-corrected chi connectivity index (χ3v) is 2.50. The number of carboxylic acid groups (broad SMARTS) is 1. The van der Waals surface area contributed by atoms with Crippen LogP contribution in [0.2, 0.25) is 0 Å². The van der Waals surface area contributed by atoms with Gasteiger partial charge in [0, 0.05) is 5.39 Å².